The standard InChI is InChI=1S/C9H16N2O5S/c1-4-16-8(12)6-17-7(5-10-13)9(2,3)11(14)15/h7H,4-6H2,1-3H3. The van der Waals surface area contributed by atoms with Crippen LogP contribution in [-0.4, -0.2) is 40.6 Å². The molecule has 0 N–H and O–H groups in total. The molecule has 0 aromatic carbocycles. The molecule has 0 saturated heterocycles. The van der Waals surface area contributed by atoms with Crippen molar-refractivity contribution in [3.63, 3.8) is 0 Å². The summed E-state index contributed by atoms with van der Waals surface area (Å²) < 4.78 is 4.71. The van der Waals surface area contributed by atoms with Crippen molar-refractivity contribution in [3.05, 3.63) is 15.0 Å². The Morgan fingerprint density at radius 1 is 1.59 bits per heavy atom. The second-order valence-corrected chi connectivity index (χ2v) is 5.02. The van der Waals surface area contributed by atoms with Crippen LogP contribution in [0, 0.1) is 15.0 Å². The van der Waals surface area contributed by atoms with Crippen molar-refractivity contribution in [1.82, 2.24) is 0 Å². The summed E-state index contributed by atoms with van der Waals surface area (Å²) in [6.07, 6.45) is 0. The van der Waals surface area contributed by atoms with Crippen molar-refractivity contribution in [1.29, 1.82) is 0 Å². The Morgan fingerprint density at radius 3 is 2.59 bits per heavy atom. The number of esters is 1. The molecule has 0 aliphatic carbocycles. The molecule has 1 atom stereocenters. The van der Waals surface area contributed by atoms with E-state index in [2.05, 4.69) is 5.18 Å². The van der Waals surface area contributed by atoms with Crippen molar-refractivity contribution in [2.75, 3.05) is 18.9 Å². The summed E-state index contributed by atoms with van der Waals surface area (Å²) in [5, 5.41) is 12.9. The molecule has 7 nitrogen and oxygen atoms in total. The number of carbonyl (C=O) groups is 1. The molecule has 0 aliphatic rings. The molecular weight excluding hydrogens is 248 g/mol. The second-order valence-electron chi connectivity index (χ2n) is 3.83. The zero-order chi connectivity index (χ0) is 13.5. The van der Waals surface area contributed by atoms with Gasteiger partial charge in [-0.1, -0.05) is 5.18 Å². The Kier molecular flexibility index (Phi) is 6.71. The van der Waals surface area contributed by atoms with E-state index in [0.717, 1.165) is 11.8 Å². The van der Waals surface area contributed by atoms with Gasteiger partial charge in [-0.05, 0) is 6.92 Å². The SMILES string of the molecule is CCOC(=O)CSC(CN=O)C(C)(C)[N+](=O)[O-]. The van der Waals surface area contributed by atoms with Crippen molar-refractivity contribution >= 4 is 17.7 Å². The highest BCUT2D eigenvalue weighted by Gasteiger charge is 2.41. The molecule has 0 aromatic heterocycles. The normalized spacial score (nSPS) is 12.9. The lowest BCUT2D eigenvalue weighted by Gasteiger charge is -2.23. The van der Waals surface area contributed by atoms with Crippen LogP contribution in [0.15, 0.2) is 5.18 Å². The zero-order valence-electron chi connectivity index (χ0n) is 10.0. The fourth-order valence-corrected chi connectivity index (χ4v) is 2.12. The first-order valence-corrected chi connectivity index (χ1v) is 6.12. The maximum absolute atomic E-state index is 11.1. The molecule has 98 valence electrons. The predicted octanol–water partition coefficient (Wildman–Crippen LogP) is 1.47. The van der Waals surface area contributed by atoms with Crippen molar-refractivity contribution < 1.29 is 14.5 Å². The molecular formula is C9H16N2O5S. The molecule has 0 heterocycles. The summed E-state index contributed by atoms with van der Waals surface area (Å²) in [5.41, 5.74) is -1.31. The smallest absolute Gasteiger partial charge is 0.315 e. The maximum Gasteiger partial charge on any atom is 0.315 e. The number of hydrogen-bond acceptors (Lipinski definition) is 7. The van der Waals surface area contributed by atoms with Crippen LogP contribution < -0.4 is 0 Å². The van der Waals surface area contributed by atoms with E-state index in [1.807, 2.05) is 0 Å². The van der Waals surface area contributed by atoms with Crippen molar-refractivity contribution in [2.24, 2.45) is 5.18 Å². The van der Waals surface area contributed by atoms with E-state index in [1.165, 1.54) is 13.8 Å². The molecule has 1 unspecified atom stereocenters. The van der Waals surface area contributed by atoms with Crippen LogP contribution in [0.3, 0.4) is 0 Å². The number of ether oxygens (including phenoxy) is 1. The molecule has 0 rings (SSSR count). The topological polar surface area (TPSA) is 98.9 Å². The van der Waals surface area contributed by atoms with E-state index in [9.17, 15) is 19.8 Å². The maximum atomic E-state index is 11.1. The van der Waals surface area contributed by atoms with Gasteiger partial charge in [0.25, 0.3) is 0 Å². The van der Waals surface area contributed by atoms with Gasteiger partial charge < -0.3 is 4.74 Å². The lowest BCUT2D eigenvalue weighted by Crippen LogP contribution is -2.44. The Hall–Kier alpha value is -1.18. The van der Waals surface area contributed by atoms with Crippen LogP contribution in [0.1, 0.15) is 20.8 Å². The van der Waals surface area contributed by atoms with E-state index < -0.39 is 21.7 Å². The monoisotopic (exact) mass is 264 g/mol. The zero-order valence-corrected chi connectivity index (χ0v) is 10.9. The highest BCUT2D eigenvalue weighted by Crippen LogP contribution is 2.26. The van der Waals surface area contributed by atoms with E-state index >= 15 is 0 Å². The first-order chi connectivity index (χ1) is 7.86. The summed E-state index contributed by atoms with van der Waals surface area (Å²) in [7, 11) is 0. The van der Waals surface area contributed by atoms with Crippen molar-refractivity contribution in [2.45, 2.75) is 31.6 Å². The van der Waals surface area contributed by atoms with E-state index in [4.69, 9.17) is 4.74 Å². The van der Waals surface area contributed by atoms with Gasteiger partial charge in [-0.15, -0.1) is 11.8 Å². The molecule has 17 heavy (non-hydrogen) atoms. The predicted molar refractivity (Wildman–Crippen MR) is 64.6 cm³/mol. The molecule has 0 saturated carbocycles. The van der Waals surface area contributed by atoms with Gasteiger partial charge in [-0.25, -0.2) is 0 Å². The average Bonchev–Trinajstić information content (AvgIpc) is 2.24. The minimum absolute atomic E-state index is 0.0225. The quantitative estimate of drug-likeness (QED) is 0.285. The third-order valence-electron chi connectivity index (χ3n) is 2.21. The van der Waals surface area contributed by atoms with Crippen molar-refractivity contribution in [3.8, 4) is 0 Å². The third-order valence-corrected chi connectivity index (χ3v) is 3.74. The molecule has 0 amide bonds. The Morgan fingerprint density at radius 2 is 2.18 bits per heavy atom. The van der Waals surface area contributed by atoms with E-state index in [1.54, 1.807) is 6.92 Å². The number of nitrogens with zero attached hydrogens (tertiary/aromatic N) is 2. The molecule has 0 radical (unpaired) electrons. The Labute approximate surface area is 103 Å². The first-order valence-electron chi connectivity index (χ1n) is 5.07. The minimum Gasteiger partial charge on any atom is -0.465 e. The van der Waals surface area contributed by atoms with Crippen LogP contribution in [0.4, 0.5) is 0 Å². The molecule has 0 spiro atoms. The van der Waals surface area contributed by atoms with Crippen LogP contribution in [0.2, 0.25) is 0 Å². The Balaban J connectivity index is 4.49. The lowest BCUT2D eigenvalue weighted by atomic mass is 10.0. The summed E-state index contributed by atoms with van der Waals surface area (Å²) in [4.78, 5) is 31.7. The highest BCUT2D eigenvalue weighted by molar-refractivity contribution is 8.00. The Bertz CT molecular complexity index is 295. The third kappa shape index (κ3) is 5.12. The number of nitroso groups, excluding NO2 is 1. The molecule has 0 aromatic rings. The summed E-state index contributed by atoms with van der Waals surface area (Å²) in [6, 6.07) is 0. The average molecular weight is 264 g/mol. The number of nitro groups is 1. The van der Waals surface area contributed by atoms with E-state index in [-0.39, 0.29) is 18.9 Å². The fraction of sp³-hybridized carbons (Fsp3) is 0.889. The van der Waals surface area contributed by atoms with Crippen LogP contribution in [-0.2, 0) is 9.53 Å². The molecule has 0 bridgehead atoms. The van der Waals surface area contributed by atoms with Crippen LogP contribution in [0.25, 0.3) is 0 Å². The summed E-state index contributed by atoms with van der Waals surface area (Å²) in [6.45, 7) is 4.53. The van der Waals surface area contributed by atoms with Gasteiger partial charge in [0.2, 0.25) is 5.54 Å². The number of carbonyl (C=O) groups excluding carboxylic acids is 1. The first kappa shape index (κ1) is 15.8. The highest BCUT2D eigenvalue weighted by atomic mass is 32.2. The summed E-state index contributed by atoms with van der Waals surface area (Å²) in [5.74, 6) is -0.474. The fourth-order valence-electron chi connectivity index (χ4n) is 1.04. The van der Waals surface area contributed by atoms with Gasteiger partial charge in [-0.3, -0.25) is 14.9 Å². The minimum atomic E-state index is -1.31. The second kappa shape index (κ2) is 7.21. The van der Waals surface area contributed by atoms with Gasteiger partial charge in [0.1, 0.15) is 0 Å². The molecule has 8 heteroatoms. The van der Waals surface area contributed by atoms with E-state index in [0.29, 0.717) is 0 Å². The number of thioether (sulfide) groups is 1. The van der Waals surface area contributed by atoms with Crippen LogP contribution in [0.5, 0.6) is 0 Å². The summed E-state index contributed by atoms with van der Waals surface area (Å²) >= 11 is 1.02. The van der Waals surface area contributed by atoms with Gasteiger partial charge in [0.15, 0.2) is 0 Å². The molecule has 0 fully saturated rings. The van der Waals surface area contributed by atoms with Gasteiger partial charge in [0.05, 0.1) is 24.2 Å². The van der Waals surface area contributed by atoms with Gasteiger partial charge >= 0.3 is 5.97 Å². The van der Waals surface area contributed by atoms with Gasteiger partial charge in [0, 0.05) is 18.8 Å². The lowest BCUT2D eigenvalue weighted by molar-refractivity contribution is -0.559. The van der Waals surface area contributed by atoms with Crippen LogP contribution >= 0.6 is 11.8 Å². The number of rotatable bonds is 8. The largest absolute Gasteiger partial charge is 0.465 e. The molecule has 0 aliphatic heterocycles. The number of hydrogen-bond donors (Lipinski definition) is 0. The van der Waals surface area contributed by atoms with Gasteiger partial charge in [-0.2, -0.15) is 4.91 Å².